The highest BCUT2D eigenvalue weighted by Gasteiger charge is 2.20. The average molecular weight is 226 g/mol. The molecule has 0 bridgehead atoms. The van der Waals surface area contributed by atoms with Gasteiger partial charge in [0.2, 0.25) is 0 Å². The van der Waals surface area contributed by atoms with E-state index in [1.165, 1.54) is 51.9 Å². The van der Waals surface area contributed by atoms with Crippen LogP contribution in [0.5, 0.6) is 0 Å². The Bertz CT molecular complexity index is 186. The lowest BCUT2D eigenvalue weighted by atomic mass is 9.99. The molecule has 2 fully saturated rings. The number of rotatable bonds is 5. The van der Waals surface area contributed by atoms with E-state index in [0.717, 1.165) is 25.2 Å². The molecule has 0 aliphatic carbocycles. The number of nitrogens with zero attached hydrogens (tertiary/aromatic N) is 1. The number of ether oxygens (including phenoxy) is 1. The van der Waals surface area contributed by atoms with Crippen molar-refractivity contribution in [3.8, 4) is 0 Å². The van der Waals surface area contributed by atoms with Crippen molar-refractivity contribution in [3.63, 3.8) is 0 Å². The zero-order valence-electron chi connectivity index (χ0n) is 10.6. The summed E-state index contributed by atoms with van der Waals surface area (Å²) in [4.78, 5) is 2.62. The van der Waals surface area contributed by atoms with Gasteiger partial charge in [-0.1, -0.05) is 6.92 Å². The Kier molecular flexibility index (Phi) is 5.07. The van der Waals surface area contributed by atoms with Gasteiger partial charge in [0.15, 0.2) is 0 Å². The monoisotopic (exact) mass is 226 g/mol. The Hall–Kier alpha value is -0.120. The minimum absolute atomic E-state index is 0.750. The van der Waals surface area contributed by atoms with Crippen LogP contribution in [0.4, 0.5) is 0 Å². The molecule has 3 heteroatoms. The van der Waals surface area contributed by atoms with Crippen LogP contribution in [-0.2, 0) is 4.74 Å². The van der Waals surface area contributed by atoms with Gasteiger partial charge in [0.25, 0.3) is 0 Å². The Balaban J connectivity index is 1.70. The van der Waals surface area contributed by atoms with Gasteiger partial charge in [0.1, 0.15) is 0 Å². The number of hydrogen-bond donors (Lipinski definition) is 1. The van der Waals surface area contributed by atoms with Crippen molar-refractivity contribution >= 4 is 0 Å². The van der Waals surface area contributed by atoms with Gasteiger partial charge in [-0.15, -0.1) is 0 Å². The highest BCUT2D eigenvalue weighted by molar-refractivity contribution is 4.79. The van der Waals surface area contributed by atoms with E-state index in [-0.39, 0.29) is 0 Å². The lowest BCUT2D eigenvalue weighted by molar-refractivity contribution is 0.0521. The largest absolute Gasteiger partial charge is 0.381 e. The molecule has 16 heavy (non-hydrogen) atoms. The normalized spacial score (nSPS) is 27.8. The fourth-order valence-corrected chi connectivity index (χ4v) is 2.85. The Labute approximate surface area is 99.5 Å². The minimum atomic E-state index is 0.750. The van der Waals surface area contributed by atoms with Crippen molar-refractivity contribution in [2.45, 2.75) is 38.6 Å². The Morgan fingerprint density at radius 3 is 2.62 bits per heavy atom. The van der Waals surface area contributed by atoms with E-state index in [0.29, 0.717) is 0 Å². The highest BCUT2D eigenvalue weighted by atomic mass is 16.5. The van der Waals surface area contributed by atoms with Crippen molar-refractivity contribution in [1.29, 1.82) is 0 Å². The molecule has 0 spiro atoms. The van der Waals surface area contributed by atoms with Gasteiger partial charge in [0, 0.05) is 32.3 Å². The number of likely N-dealkylation sites (N-methyl/N-ethyl adjacent to an activating group) is 1. The predicted octanol–water partition coefficient (Wildman–Crippen LogP) is 1.49. The van der Waals surface area contributed by atoms with Crippen LogP contribution >= 0.6 is 0 Å². The van der Waals surface area contributed by atoms with E-state index >= 15 is 0 Å². The first-order valence-corrected chi connectivity index (χ1v) is 6.92. The molecule has 0 aromatic rings. The van der Waals surface area contributed by atoms with Gasteiger partial charge in [0.05, 0.1) is 0 Å². The lowest BCUT2D eigenvalue weighted by Gasteiger charge is -2.30. The molecule has 2 aliphatic heterocycles. The summed E-state index contributed by atoms with van der Waals surface area (Å²) in [5.41, 5.74) is 0. The molecule has 3 nitrogen and oxygen atoms in total. The van der Waals surface area contributed by atoms with Crippen LogP contribution in [0.1, 0.15) is 32.6 Å². The van der Waals surface area contributed by atoms with Gasteiger partial charge in [-0.2, -0.15) is 0 Å². The molecule has 1 atom stereocenters. The van der Waals surface area contributed by atoms with E-state index in [1.54, 1.807) is 0 Å². The van der Waals surface area contributed by atoms with Crippen LogP contribution in [0, 0.1) is 5.92 Å². The number of hydrogen-bond acceptors (Lipinski definition) is 3. The van der Waals surface area contributed by atoms with Crippen LogP contribution in [0.25, 0.3) is 0 Å². The van der Waals surface area contributed by atoms with Gasteiger partial charge < -0.3 is 15.0 Å². The van der Waals surface area contributed by atoms with Gasteiger partial charge >= 0.3 is 0 Å². The summed E-state index contributed by atoms with van der Waals surface area (Å²) >= 11 is 0. The summed E-state index contributed by atoms with van der Waals surface area (Å²) in [5.74, 6) is 0.870. The SMILES string of the molecule is CCN(CC1CCOCC1)CC1CCCN1. The first-order valence-electron chi connectivity index (χ1n) is 6.92. The fourth-order valence-electron chi connectivity index (χ4n) is 2.85. The maximum absolute atomic E-state index is 5.42. The molecule has 0 amide bonds. The molecular weight excluding hydrogens is 200 g/mol. The molecule has 0 saturated carbocycles. The van der Waals surface area contributed by atoms with Crippen LogP contribution in [0.15, 0.2) is 0 Å². The highest BCUT2D eigenvalue weighted by Crippen LogP contribution is 2.17. The van der Waals surface area contributed by atoms with Crippen LogP contribution < -0.4 is 5.32 Å². The van der Waals surface area contributed by atoms with Crippen molar-refractivity contribution < 1.29 is 4.74 Å². The standard InChI is InChI=1S/C13H26N2O/c1-2-15(11-13-4-3-7-14-13)10-12-5-8-16-9-6-12/h12-14H,2-11H2,1H3. The third-order valence-electron chi connectivity index (χ3n) is 3.95. The van der Waals surface area contributed by atoms with E-state index in [9.17, 15) is 0 Å². The summed E-state index contributed by atoms with van der Waals surface area (Å²) in [7, 11) is 0. The smallest absolute Gasteiger partial charge is 0.0469 e. The fraction of sp³-hybridized carbons (Fsp3) is 1.00. The number of nitrogens with one attached hydrogen (secondary N) is 1. The van der Waals surface area contributed by atoms with Gasteiger partial charge in [-0.25, -0.2) is 0 Å². The third kappa shape index (κ3) is 3.72. The van der Waals surface area contributed by atoms with Crippen molar-refractivity contribution in [2.24, 2.45) is 5.92 Å². The topological polar surface area (TPSA) is 24.5 Å². The van der Waals surface area contributed by atoms with Crippen LogP contribution in [0.2, 0.25) is 0 Å². The second kappa shape index (κ2) is 6.58. The summed E-state index contributed by atoms with van der Waals surface area (Å²) < 4.78 is 5.42. The summed E-state index contributed by atoms with van der Waals surface area (Å²) in [6, 6.07) is 0.750. The van der Waals surface area contributed by atoms with E-state index in [2.05, 4.69) is 17.1 Å². The average Bonchev–Trinajstić information content (AvgIpc) is 2.82. The predicted molar refractivity (Wildman–Crippen MR) is 66.7 cm³/mol. The van der Waals surface area contributed by atoms with E-state index < -0.39 is 0 Å². The lowest BCUT2D eigenvalue weighted by Crippen LogP contribution is -2.40. The first kappa shape index (κ1) is 12.3. The summed E-state index contributed by atoms with van der Waals surface area (Å²) in [6.07, 6.45) is 5.24. The maximum Gasteiger partial charge on any atom is 0.0469 e. The second-order valence-corrected chi connectivity index (χ2v) is 5.20. The van der Waals surface area contributed by atoms with Crippen molar-refractivity contribution in [2.75, 3.05) is 39.4 Å². The molecule has 94 valence electrons. The van der Waals surface area contributed by atoms with Gasteiger partial charge in [-0.05, 0) is 44.7 Å². The van der Waals surface area contributed by atoms with E-state index in [1.807, 2.05) is 0 Å². The Morgan fingerprint density at radius 1 is 1.19 bits per heavy atom. The zero-order chi connectivity index (χ0) is 11.2. The molecule has 2 rings (SSSR count). The molecular formula is C13H26N2O. The maximum atomic E-state index is 5.42. The van der Waals surface area contributed by atoms with Gasteiger partial charge in [-0.3, -0.25) is 0 Å². The first-order chi connectivity index (χ1) is 7.88. The van der Waals surface area contributed by atoms with Crippen molar-refractivity contribution in [3.05, 3.63) is 0 Å². The molecule has 0 aromatic heterocycles. The quantitative estimate of drug-likeness (QED) is 0.768. The summed E-state index contributed by atoms with van der Waals surface area (Å²) in [5, 5.41) is 3.59. The minimum Gasteiger partial charge on any atom is -0.381 e. The zero-order valence-corrected chi connectivity index (χ0v) is 10.6. The Morgan fingerprint density at radius 2 is 2.00 bits per heavy atom. The molecule has 1 N–H and O–H groups in total. The molecule has 1 unspecified atom stereocenters. The molecule has 2 saturated heterocycles. The third-order valence-corrected chi connectivity index (χ3v) is 3.95. The van der Waals surface area contributed by atoms with Crippen LogP contribution in [0.3, 0.4) is 0 Å². The molecule has 0 aromatic carbocycles. The van der Waals surface area contributed by atoms with Crippen LogP contribution in [-0.4, -0.2) is 50.3 Å². The second-order valence-electron chi connectivity index (χ2n) is 5.20. The molecule has 0 radical (unpaired) electrons. The summed E-state index contributed by atoms with van der Waals surface area (Å²) in [6.45, 7) is 9.17. The molecule has 2 aliphatic rings. The van der Waals surface area contributed by atoms with Crippen molar-refractivity contribution in [1.82, 2.24) is 10.2 Å². The van der Waals surface area contributed by atoms with E-state index in [4.69, 9.17) is 4.74 Å². The molecule has 2 heterocycles.